The number of aromatic nitrogens is 2. The fraction of sp³-hybridized carbons (Fsp3) is 0.250. The number of unbranched alkanes of at least 4 members (excludes halogenated alkanes) is 7. The molecule has 2 N–H and O–H groups in total. The van der Waals surface area contributed by atoms with Crippen LogP contribution in [0.4, 0.5) is 0 Å². The molecular weight excluding hydrogens is 619 g/mol. The van der Waals surface area contributed by atoms with Crippen molar-refractivity contribution in [2.24, 2.45) is 0 Å². The number of imidazole rings is 1. The maximum atomic E-state index is 10.6. The Labute approximate surface area is 292 Å². The summed E-state index contributed by atoms with van der Waals surface area (Å²) in [4.78, 5) is 4.85. The van der Waals surface area contributed by atoms with E-state index in [4.69, 9.17) is 4.98 Å². The average Bonchev–Trinajstić information content (AvgIpc) is 3.57. The molecule has 4 nitrogen and oxygen atoms in total. The van der Waals surface area contributed by atoms with Crippen LogP contribution in [0.2, 0.25) is 0 Å². The van der Waals surface area contributed by atoms with E-state index in [1.807, 2.05) is 42.6 Å². The molecule has 5 heteroatoms. The van der Waals surface area contributed by atoms with Crippen molar-refractivity contribution in [2.45, 2.75) is 57.9 Å². The van der Waals surface area contributed by atoms with Crippen molar-refractivity contribution in [2.75, 3.05) is 12.8 Å². The van der Waals surface area contributed by atoms with Crippen LogP contribution in [-0.4, -0.2) is 32.6 Å². The first-order chi connectivity index (χ1) is 24.0. The molecule has 0 aliphatic heterocycles. The normalized spacial score (nSPS) is 12.4. The minimum atomic E-state index is -2.65. The SMILES string of the molecule is CP(CCCCCCCCCCn1cc(-c2ccccc2O)nc1-c1ccccc1O)(c1ccccc1)(c1ccccc1)c1ccccc1. The summed E-state index contributed by atoms with van der Waals surface area (Å²) in [5.74, 6) is 1.15. The zero-order chi connectivity index (χ0) is 34.0. The molecule has 5 aromatic carbocycles. The zero-order valence-corrected chi connectivity index (χ0v) is 29.6. The zero-order valence-electron chi connectivity index (χ0n) is 28.7. The molecule has 0 aliphatic rings. The molecule has 0 amide bonds. The first kappa shape index (κ1) is 34.2. The van der Waals surface area contributed by atoms with E-state index in [1.54, 1.807) is 12.1 Å². The van der Waals surface area contributed by atoms with Crippen LogP contribution in [0.25, 0.3) is 22.6 Å². The second-order valence-corrected chi connectivity index (χ2v) is 19.1. The Balaban J connectivity index is 1.04. The molecule has 0 saturated heterocycles. The van der Waals surface area contributed by atoms with E-state index >= 15 is 0 Å². The van der Waals surface area contributed by atoms with Crippen LogP contribution in [0.3, 0.4) is 0 Å². The molecule has 0 radical (unpaired) electrons. The molecule has 6 rings (SSSR count). The van der Waals surface area contributed by atoms with E-state index in [-0.39, 0.29) is 11.5 Å². The van der Waals surface area contributed by atoms with Gasteiger partial charge in [-0.1, -0.05) is 24.3 Å². The first-order valence-corrected chi connectivity index (χ1v) is 20.7. The maximum absolute atomic E-state index is 10.6. The van der Waals surface area contributed by atoms with Crippen molar-refractivity contribution in [1.29, 1.82) is 0 Å². The predicted molar refractivity (Wildman–Crippen MR) is 209 cm³/mol. The second kappa shape index (κ2) is 15.7. The number of phenolic OH excluding ortho intramolecular Hbond substituents is 2. The molecule has 0 saturated carbocycles. The van der Waals surface area contributed by atoms with Crippen molar-refractivity contribution >= 4 is 22.5 Å². The summed E-state index contributed by atoms with van der Waals surface area (Å²) in [5.41, 5.74) is 2.11. The number of para-hydroxylation sites is 2. The average molecular weight is 669 g/mol. The standard InChI is InChI=1S/C44H49N2O2P/c1-49(36-23-11-8-12-24-36,37-25-13-9-14-26-37,38-27-15-10-16-28-38)34-22-7-5-3-2-4-6-21-33-46-35-41(39-29-17-19-31-42(39)47)45-44(46)40-30-18-20-32-43(40)48/h8-20,23-32,35,47-48H,2-7,21-22,33-34H2,1H3. The fourth-order valence-corrected chi connectivity index (χ4v) is 13.1. The number of rotatable bonds is 16. The number of hydrogen-bond acceptors (Lipinski definition) is 3. The third kappa shape index (κ3) is 7.36. The van der Waals surface area contributed by atoms with Crippen LogP contribution >= 0.6 is 6.60 Å². The molecule has 1 heterocycles. The van der Waals surface area contributed by atoms with Crippen molar-refractivity contribution in [1.82, 2.24) is 9.55 Å². The van der Waals surface area contributed by atoms with Gasteiger partial charge in [0.2, 0.25) is 0 Å². The fourth-order valence-electron chi connectivity index (χ4n) is 7.46. The first-order valence-electron chi connectivity index (χ1n) is 17.8. The molecule has 49 heavy (non-hydrogen) atoms. The van der Waals surface area contributed by atoms with Crippen LogP contribution in [0.5, 0.6) is 11.5 Å². The van der Waals surface area contributed by atoms with E-state index in [1.165, 1.54) is 60.6 Å². The number of aryl methyl sites for hydroxylation is 1. The van der Waals surface area contributed by atoms with Crippen LogP contribution in [0.15, 0.2) is 146 Å². The molecule has 1 aromatic heterocycles. The molecule has 252 valence electrons. The topological polar surface area (TPSA) is 58.3 Å². The summed E-state index contributed by atoms with van der Waals surface area (Å²) in [6.45, 7) is 0.745. The van der Waals surface area contributed by atoms with Gasteiger partial charge in [-0.15, -0.1) is 0 Å². The molecule has 0 aliphatic carbocycles. The van der Waals surface area contributed by atoms with Gasteiger partial charge in [0.05, 0.1) is 11.3 Å². The van der Waals surface area contributed by atoms with Crippen LogP contribution in [0.1, 0.15) is 51.4 Å². The summed E-state index contributed by atoms with van der Waals surface area (Å²) in [6, 6.07) is 48.4. The third-order valence-corrected chi connectivity index (χ3v) is 16.9. The second-order valence-electron chi connectivity index (χ2n) is 13.5. The van der Waals surface area contributed by atoms with Gasteiger partial charge in [0.15, 0.2) is 0 Å². The van der Waals surface area contributed by atoms with Crippen LogP contribution < -0.4 is 15.9 Å². The van der Waals surface area contributed by atoms with Crippen molar-refractivity contribution in [3.05, 3.63) is 146 Å². The van der Waals surface area contributed by atoms with Gasteiger partial charge in [0.25, 0.3) is 0 Å². The van der Waals surface area contributed by atoms with Gasteiger partial charge in [-0.05, 0) is 24.3 Å². The Morgan fingerprint density at radius 3 is 1.39 bits per heavy atom. The van der Waals surface area contributed by atoms with Gasteiger partial charge >= 0.3 is 201 Å². The Bertz CT molecular complexity index is 1820. The molecule has 6 aromatic rings. The van der Waals surface area contributed by atoms with E-state index in [2.05, 4.69) is 102 Å². The molecule has 0 atom stereocenters. The van der Waals surface area contributed by atoms with Crippen LogP contribution in [-0.2, 0) is 6.54 Å². The Hall–Kier alpha value is -4.66. The van der Waals surface area contributed by atoms with Gasteiger partial charge in [0, 0.05) is 5.56 Å². The Kier molecular flexibility index (Phi) is 11.0. The molecule has 0 fully saturated rings. The van der Waals surface area contributed by atoms with Gasteiger partial charge in [-0.3, -0.25) is 0 Å². The Morgan fingerprint density at radius 1 is 0.490 bits per heavy atom. The van der Waals surface area contributed by atoms with Gasteiger partial charge in [-0.25, -0.2) is 4.98 Å². The number of hydrogen-bond donors (Lipinski definition) is 2. The predicted octanol–water partition coefficient (Wildman–Crippen LogP) is 9.91. The number of phenols is 2. The molecular formula is C44H49N2O2P. The summed E-state index contributed by atoms with van der Waals surface area (Å²) < 4.78 is 2.12. The third-order valence-electron chi connectivity index (χ3n) is 10.3. The van der Waals surface area contributed by atoms with Crippen molar-refractivity contribution in [3.8, 4) is 34.1 Å². The quantitative estimate of drug-likeness (QED) is 0.0798. The minimum absolute atomic E-state index is 0.207. The molecule has 0 bridgehead atoms. The van der Waals surface area contributed by atoms with E-state index < -0.39 is 6.60 Å². The summed E-state index contributed by atoms with van der Waals surface area (Å²) >= 11 is 0. The molecule has 0 spiro atoms. The summed E-state index contributed by atoms with van der Waals surface area (Å²) in [7, 11) is 0. The summed E-state index contributed by atoms with van der Waals surface area (Å²) in [5, 5.41) is 25.5. The van der Waals surface area contributed by atoms with Gasteiger partial charge in [0.1, 0.15) is 11.5 Å². The van der Waals surface area contributed by atoms with E-state index in [9.17, 15) is 10.2 Å². The van der Waals surface area contributed by atoms with Crippen molar-refractivity contribution in [3.63, 3.8) is 0 Å². The monoisotopic (exact) mass is 668 g/mol. The summed E-state index contributed by atoms with van der Waals surface area (Å²) in [6.07, 6.45) is 12.8. The van der Waals surface area contributed by atoms with Gasteiger partial charge in [-0.2, -0.15) is 0 Å². The van der Waals surface area contributed by atoms with E-state index in [0.717, 1.165) is 25.2 Å². The Morgan fingerprint density at radius 2 is 0.898 bits per heavy atom. The molecule has 0 unspecified atom stereocenters. The van der Waals surface area contributed by atoms with Gasteiger partial charge < -0.3 is 10.2 Å². The number of benzene rings is 5. The number of nitrogens with zero attached hydrogens (tertiary/aromatic N) is 2. The van der Waals surface area contributed by atoms with Crippen molar-refractivity contribution < 1.29 is 10.2 Å². The number of aromatic hydroxyl groups is 2. The van der Waals surface area contributed by atoms with E-state index in [0.29, 0.717) is 16.8 Å². The van der Waals surface area contributed by atoms with Crippen LogP contribution in [0, 0.1) is 0 Å².